The summed E-state index contributed by atoms with van der Waals surface area (Å²) in [6, 6.07) is 0. The highest BCUT2D eigenvalue weighted by Crippen LogP contribution is 2.46. The molecule has 1 N–H and O–H groups in total. The van der Waals surface area contributed by atoms with Gasteiger partial charge in [-0.25, -0.2) is 9.59 Å². The molecule has 1 amide bonds. The van der Waals surface area contributed by atoms with Crippen LogP contribution in [-0.4, -0.2) is 40.3 Å². The first kappa shape index (κ1) is 11.7. The molecular formula is C10H9NO5S. The molecule has 6 nitrogen and oxygen atoms in total. The van der Waals surface area contributed by atoms with Gasteiger partial charge in [0.1, 0.15) is 5.70 Å². The van der Waals surface area contributed by atoms with Gasteiger partial charge in [0.05, 0.1) is 18.9 Å². The van der Waals surface area contributed by atoms with Gasteiger partial charge in [-0.1, -0.05) is 11.8 Å². The van der Waals surface area contributed by atoms with Crippen molar-refractivity contribution in [1.29, 1.82) is 0 Å². The molecule has 2 aliphatic rings. The summed E-state index contributed by atoms with van der Waals surface area (Å²) >= 11 is 1.26. The number of hydrogen-bond acceptors (Lipinski definition) is 5. The SMILES string of the molecule is COC(=O)/C=C/C1=C(C(=O)O)N2C(=O)C[C@@H]2S1. The maximum atomic E-state index is 11.3. The molecule has 90 valence electrons. The standard InChI is InChI=1S/C10H9NO5S/c1-16-8(13)3-2-5-9(10(14)15)11-6(12)4-7(11)17-5/h2-3,7H,4H2,1H3,(H,14,15)/b3-2+/t7-/m0/s1. The predicted molar refractivity (Wildman–Crippen MR) is 58.7 cm³/mol. The van der Waals surface area contributed by atoms with Gasteiger partial charge in [0.15, 0.2) is 0 Å². The zero-order chi connectivity index (χ0) is 12.6. The Bertz CT molecular complexity index is 467. The second-order valence-corrected chi connectivity index (χ2v) is 4.63. The van der Waals surface area contributed by atoms with Crippen molar-refractivity contribution >= 4 is 29.6 Å². The van der Waals surface area contributed by atoms with E-state index in [0.717, 1.165) is 6.08 Å². The van der Waals surface area contributed by atoms with E-state index < -0.39 is 11.9 Å². The van der Waals surface area contributed by atoms with Crippen molar-refractivity contribution in [2.45, 2.75) is 11.8 Å². The number of carbonyl (C=O) groups is 3. The molecule has 1 fully saturated rings. The van der Waals surface area contributed by atoms with E-state index in [2.05, 4.69) is 4.74 Å². The number of fused-ring (bicyclic) bond motifs is 1. The Balaban J connectivity index is 2.26. The topological polar surface area (TPSA) is 83.9 Å². The Morgan fingerprint density at radius 1 is 1.59 bits per heavy atom. The average molecular weight is 255 g/mol. The van der Waals surface area contributed by atoms with Crippen LogP contribution >= 0.6 is 11.8 Å². The van der Waals surface area contributed by atoms with Crippen LogP contribution in [0.25, 0.3) is 0 Å². The maximum absolute atomic E-state index is 11.3. The van der Waals surface area contributed by atoms with Crippen LogP contribution in [0.5, 0.6) is 0 Å². The Labute approximate surface area is 101 Å². The first-order chi connectivity index (χ1) is 8.04. The Morgan fingerprint density at radius 2 is 2.29 bits per heavy atom. The van der Waals surface area contributed by atoms with Gasteiger partial charge in [0.2, 0.25) is 5.91 Å². The monoisotopic (exact) mass is 255 g/mol. The number of carboxylic acid groups (broad SMARTS) is 1. The number of β-lactam (4-membered cyclic amide) rings is 1. The van der Waals surface area contributed by atoms with Gasteiger partial charge >= 0.3 is 11.9 Å². The van der Waals surface area contributed by atoms with Crippen LogP contribution in [0.4, 0.5) is 0 Å². The molecule has 0 aliphatic carbocycles. The van der Waals surface area contributed by atoms with Crippen molar-refractivity contribution in [3.05, 3.63) is 22.8 Å². The van der Waals surface area contributed by atoms with E-state index in [4.69, 9.17) is 5.11 Å². The van der Waals surface area contributed by atoms with Crippen LogP contribution in [0.1, 0.15) is 6.42 Å². The smallest absolute Gasteiger partial charge is 0.353 e. The summed E-state index contributed by atoms with van der Waals surface area (Å²) in [6.45, 7) is 0. The second-order valence-electron chi connectivity index (χ2n) is 3.41. The lowest BCUT2D eigenvalue weighted by Gasteiger charge is -2.33. The fourth-order valence-corrected chi connectivity index (χ4v) is 2.90. The van der Waals surface area contributed by atoms with Crippen molar-refractivity contribution in [3.8, 4) is 0 Å². The number of hydrogen-bond donors (Lipinski definition) is 1. The highest BCUT2D eigenvalue weighted by molar-refractivity contribution is 8.04. The Kier molecular flexibility index (Phi) is 2.93. The summed E-state index contributed by atoms with van der Waals surface area (Å²) < 4.78 is 4.41. The number of carboxylic acids is 1. The van der Waals surface area contributed by atoms with E-state index in [1.807, 2.05) is 0 Å². The van der Waals surface area contributed by atoms with Crippen LogP contribution in [-0.2, 0) is 19.1 Å². The van der Waals surface area contributed by atoms with Crippen LogP contribution in [0.3, 0.4) is 0 Å². The zero-order valence-corrected chi connectivity index (χ0v) is 9.69. The first-order valence-electron chi connectivity index (χ1n) is 4.77. The van der Waals surface area contributed by atoms with Crippen LogP contribution < -0.4 is 0 Å². The predicted octanol–water partition coefficient (Wildman–Crippen LogP) is 0.317. The van der Waals surface area contributed by atoms with Crippen molar-refractivity contribution < 1.29 is 24.2 Å². The minimum Gasteiger partial charge on any atom is -0.477 e. The number of rotatable bonds is 3. The fraction of sp³-hybridized carbons (Fsp3) is 0.300. The average Bonchev–Trinajstić information content (AvgIpc) is 2.58. The number of thioether (sulfide) groups is 1. The molecule has 0 bridgehead atoms. The number of esters is 1. The molecule has 17 heavy (non-hydrogen) atoms. The largest absolute Gasteiger partial charge is 0.477 e. The molecule has 1 atom stereocenters. The molecule has 0 unspecified atom stereocenters. The molecule has 0 saturated carbocycles. The Morgan fingerprint density at radius 3 is 2.82 bits per heavy atom. The quantitative estimate of drug-likeness (QED) is 0.444. The van der Waals surface area contributed by atoms with Crippen LogP contribution in [0.15, 0.2) is 22.8 Å². The van der Waals surface area contributed by atoms with Crippen molar-refractivity contribution in [3.63, 3.8) is 0 Å². The van der Waals surface area contributed by atoms with Crippen molar-refractivity contribution in [2.75, 3.05) is 7.11 Å². The van der Waals surface area contributed by atoms with E-state index in [0.29, 0.717) is 11.3 Å². The van der Waals surface area contributed by atoms with Crippen molar-refractivity contribution in [1.82, 2.24) is 4.90 Å². The molecule has 0 radical (unpaired) electrons. The van der Waals surface area contributed by atoms with Crippen LogP contribution in [0, 0.1) is 0 Å². The molecule has 0 spiro atoms. The third-order valence-electron chi connectivity index (χ3n) is 2.42. The third kappa shape index (κ3) is 1.93. The molecule has 7 heteroatoms. The summed E-state index contributed by atoms with van der Waals surface area (Å²) in [5.74, 6) is -1.94. The highest BCUT2D eigenvalue weighted by Gasteiger charge is 2.47. The van der Waals surface area contributed by atoms with Gasteiger partial charge in [0.25, 0.3) is 0 Å². The number of nitrogens with zero attached hydrogens (tertiary/aromatic N) is 1. The minimum absolute atomic E-state index is 0.0589. The summed E-state index contributed by atoms with van der Waals surface area (Å²) in [5.41, 5.74) is -0.0589. The lowest BCUT2D eigenvalue weighted by molar-refractivity contribution is -0.145. The normalized spacial score (nSPS) is 22.8. The van der Waals surface area contributed by atoms with Gasteiger partial charge < -0.3 is 9.84 Å². The molecule has 2 rings (SSSR count). The van der Waals surface area contributed by atoms with E-state index in [1.165, 1.54) is 29.8 Å². The zero-order valence-electron chi connectivity index (χ0n) is 8.87. The second kappa shape index (κ2) is 4.25. The summed E-state index contributed by atoms with van der Waals surface area (Å²) in [7, 11) is 1.23. The highest BCUT2D eigenvalue weighted by atomic mass is 32.2. The molecular weight excluding hydrogens is 246 g/mol. The lowest BCUT2D eigenvalue weighted by atomic mass is 10.1. The van der Waals surface area contributed by atoms with Gasteiger partial charge in [-0.05, 0) is 6.08 Å². The van der Waals surface area contributed by atoms with Gasteiger partial charge in [-0.2, -0.15) is 0 Å². The molecule has 2 aliphatic heterocycles. The number of aliphatic carboxylic acids is 1. The van der Waals surface area contributed by atoms with E-state index in [1.54, 1.807) is 0 Å². The molecule has 0 aromatic heterocycles. The summed E-state index contributed by atoms with van der Waals surface area (Å²) in [4.78, 5) is 34.9. The van der Waals surface area contributed by atoms with Gasteiger partial charge in [-0.3, -0.25) is 9.69 Å². The molecule has 2 heterocycles. The van der Waals surface area contributed by atoms with Crippen LogP contribution in [0.2, 0.25) is 0 Å². The molecule has 0 aromatic rings. The number of allylic oxidation sites excluding steroid dienone is 1. The summed E-state index contributed by atoms with van der Waals surface area (Å²) in [5, 5.41) is 8.88. The lowest BCUT2D eigenvalue weighted by Crippen LogP contribution is -2.48. The van der Waals surface area contributed by atoms with E-state index >= 15 is 0 Å². The first-order valence-corrected chi connectivity index (χ1v) is 5.65. The minimum atomic E-state index is -1.17. The van der Waals surface area contributed by atoms with Crippen molar-refractivity contribution in [2.24, 2.45) is 0 Å². The summed E-state index contributed by atoms with van der Waals surface area (Å²) in [6.07, 6.45) is 2.84. The number of carbonyl (C=O) groups excluding carboxylic acids is 2. The molecule has 1 saturated heterocycles. The number of methoxy groups -OCH3 is 1. The maximum Gasteiger partial charge on any atom is 0.353 e. The number of ether oxygens (including phenoxy) is 1. The van der Waals surface area contributed by atoms with E-state index in [9.17, 15) is 14.4 Å². The Hall–Kier alpha value is -1.76. The fourth-order valence-electron chi connectivity index (χ4n) is 1.61. The molecule has 0 aromatic carbocycles. The van der Waals surface area contributed by atoms with Gasteiger partial charge in [-0.15, -0.1) is 0 Å². The number of amides is 1. The van der Waals surface area contributed by atoms with E-state index in [-0.39, 0.29) is 17.0 Å². The van der Waals surface area contributed by atoms with Gasteiger partial charge in [0, 0.05) is 11.0 Å². The third-order valence-corrected chi connectivity index (χ3v) is 3.65.